The summed E-state index contributed by atoms with van der Waals surface area (Å²) in [6, 6.07) is 3.27. The average Bonchev–Trinajstić information content (AvgIpc) is 2.31. The fourth-order valence-electron chi connectivity index (χ4n) is 1.41. The Balaban J connectivity index is 2.40. The van der Waals surface area contributed by atoms with Crippen molar-refractivity contribution in [1.29, 1.82) is 0 Å². The average molecular weight is 311 g/mol. The summed E-state index contributed by atoms with van der Waals surface area (Å²) in [4.78, 5) is 0. The second-order valence-electron chi connectivity index (χ2n) is 3.72. The third-order valence-corrected chi connectivity index (χ3v) is 3.11. The zero-order valence-electron chi connectivity index (χ0n) is 9.59. The van der Waals surface area contributed by atoms with Crippen molar-refractivity contribution < 1.29 is 5.21 Å². The third kappa shape index (κ3) is 4.80. The van der Waals surface area contributed by atoms with E-state index in [9.17, 15) is 0 Å². The lowest BCUT2D eigenvalue weighted by Crippen LogP contribution is -2.12. The van der Waals surface area contributed by atoms with E-state index in [0.29, 0.717) is 33.7 Å². The predicted molar refractivity (Wildman–Crippen MR) is 77.2 cm³/mol. The Morgan fingerprint density at radius 1 is 1.22 bits per heavy atom. The molecule has 0 saturated carbocycles. The van der Waals surface area contributed by atoms with E-state index in [-0.39, 0.29) is 5.84 Å². The number of unbranched alkanes of at least 4 members (excludes halogenated alkanes) is 1. The molecule has 0 bridgehead atoms. The van der Waals surface area contributed by atoms with Crippen LogP contribution in [0.1, 0.15) is 19.3 Å². The molecule has 0 unspecified atom stereocenters. The van der Waals surface area contributed by atoms with Gasteiger partial charge in [0.1, 0.15) is 5.84 Å². The van der Waals surface area contributed by atoms with E-state index >= 15 is 0 Å². The number of nitrogens with two attached hydrogens (primary N) is 1. The minimum Gasteiger partial charge on any atom is -0.409 e. The Hall–Kier alpha value is -0.840. The van der Waals surface area contributed by atoms with Gasteiger partial charge in [-0.2, -0.15) is 0 Å². The Kier molecular flexibility index (Phi) is 6.39. The zero-order valence-corrected chi connectivity index (χ0v) is 11.9. The van der Waals surface area contributed by atoms with Crippen LogP contribution in [-0.4, -0.2) is 17.6 Å². The molecule has 0 radical (unpaired) electrons. The first-order valence-electron chi connectivity index (χ1n) is 5.39. The molecule has 0 heterocycles. The van der Waals surface area contributed by atoms with E-state index in [1.165, 1.54) is 0 Å². The zero-order chi connectivity index (χ0) is 13.5. The number of anilines is 1. The van der Waals surface area contributed by atoms with Crippen molar-refractivity contribution in [3.8, 4) is 0 Å². The Morgan fingerprint density at radius 2 is 1.83 bits per heavy atom. The third-order valence-electron chi connectivity index (χ3n) is 2.30. The Bertz CT molecular complexity index is 415. The summed E-state index contributed by atoms with van der Waals surface area (Å²) < 4.78 is 0. The highest BCUT2D eigenvalue weighted by atomic mass is 35.5. The van der Waals surface area contributed by atoms with E-state index in [2.05, 4.69) is 10.5 Å². The highest BCUT2D eigenvalue weighted by Crippen LogP contribution is 2.33. The molecule has 0 amide bonds. The van der Waals surface area contributed by atoms with Crippen LogP contribution in [-0.2, 0) is 0 Å². The van der Waals surface area contributed by atoms with Crippen LogP contribution >= 0.6 is 34.8 Å². The Labute approximate surface area is 121 Å². The lowest BCUT2D eigenvalue weighted by atomic mass is 10.2. The van der Waals surface area contributed by atoms with Crippen molar-refractivity contribution in [2.45, 2.75) is 19.3 Å². The topological polar surface area (TPSA) is 70.6 Å². The molecular weight excluding hydrogens is 296 g/mol. The van der Waals surface area contributed by atoms with Crippen LogP contribution in [0.15, 0.2) is 17.3 Å². The number of halogens is 3. The van der Waals surface area contributed by atoms with Crippen molar-refractivity contribution >= 4 is 46.3 Å². The van der Waals surface area contributed by atoms with E-state index < -0.39 is 0 Å². The molecule has 18 heavy (non-hydrogen) atoms. The molecule has 0 fully saturated rings. The highest BCUT2D eigenvalue weighted by molar-refractivity contribution is 6.41. The van der Waals surface area contributed by atoms with Crippen LogP contribution in [0.25, 0.3) is 0 Å². The first-order chi connectivity index (χ1) is 8.54. The summed E-state index contributed by atoms with van der Waals surface area (Å²) in [6.45, 7) is 0.694. The van der Waals surface area contributed by atoms with Gasteiger partial charge in [0.25, 0.3) is 0 Å². The summed E-state index contributed by atoms with van der Waals surface area (Å²) >= 11 is 17.8. The summed E-state index contributed by atoms with van der Waals surface area (Å²) in [5.74, 6) is 0.234. The molecule has 0 spiro atoms. The number of nitrogens with zero attached hydrogens (tertiary/aromatic N) is 1. The van der Waals surface area contributed by atoms with Gasteiger partial charge in [0.15, 0.2) is 0 Å². The van der Waals surface area contributed by atoms with Gasteiger partial charge in [-0.3, -0.25) is 0 Å². The quantitative estimate of drug-likeness (QED) is 0.245. The number of amidine groups is 1. The van der Waals surface area contributed by atoms with E-state index in [1.807, 2.05) is 0 Å². The fraction of sp³-hybridized carbons (Fsp3) is 0.364. The molecule has 0 aliphatic heterocycles. The number of rotatable bonds is 6. The van der Waals surface area contributed by atoms with E-state index in [1.54, 1.807) is 12.1 Å². The van der Waals surface area contributed by atoms with Gasteiger partial charge in [-0.25, -0.2) is 0 Å². The maximum atomic E-state index is 8.37. The van der Waals surface area contributed by atoms with Crippen LogP contribution in [0.3, 0.4) is 0 Å². The maximum absolute atomic E-state index is 8.37. The first kappa shape index (κ1) is 15.2. The van der Waals surface area contributed by atoms with Gasteiger partial charge in [0, 0.05) is 18.0 Å². The molecule has 4 N–H and O–H groups in total. The van der Waals surface area contributed by atoms with Crippen molar-refractivity contribution in [2.24, 2.45) is 10.9 Å². The largest absolute Gasteiger partial charge is 0.409 e. The van der Waals surface area contributed by atoms with Gasteiger partial charge in [0.05, 0.1) is 15.7 Å². The van der Waals surface area contributed by atoms with E-state index in [4.69, 9.17) is 45.7 Å². The van der Waals surface area contributed by atoms with Crippen LogP contribution in [0, 0.1) is 0 Å². The van der Waals surface area contributed by atoms with Crippen LogP contribution in [0.4, 0.5) is 5.69 Å². The van der Waals surface area contributed by atoms with Crippen molar-refractivity contribution in [2.75, 3.05) is 11.9 Å². The SMILES string of the molecule is N/C(CCCCNc1c(Cl)cc(Cl)cc1Cl)=N\O. The smallest absolute Gasteiger partial charge is 0.139 e. The monoisotopic (exact) mass is 309 g/mol. The van der Waals surface area contributed by atoms with Gasteiger partial charge >= 0.3 is 0 Å². The normalized spacial score (nSPS) is 11.6. The lowest BCUT2D eigenvalue weighted by Gasteiger charge is -2.10. The van der Waals surface area contributed by atoms with Gasteiger partial charge in [-0.1, -0.05) is 40.0 Å². The molecule has 7 heteroatoms. The van der Waals surface area contributed by atoms with Gasteiger partial charge < -0.3 is 16.3 Å². The van der Waals surface area contributed by atoms with Gasteiger partial charge in [-0.05, 0) is 25.0 Å². The summed E-state index contributed by atoms with van der Waals surface area (Å²) in [6.07, 6.45) is 2.22. The number of benzene rings is 1. The standard InChI is InChI=1S/C11H14Cl3N3O/c12-7-5-8(13)11(9(14)6-7)16-4-2-1-3-10(15)17-18/h5-6,16,18H,1-4H2,(H2,15,17). The molecule has 4 nitrogen and oxygen atoms in total. The molecule has 100 valence electrons. The van der Waals surface area contributed by atoms with Gasteiger partial charge in [-0.15, -0.1) is 0 Å². The number of hydrogen-bond donors (Lipinski definition) is 3. The number of oxime groups is 1. The molecule has 0 saturated heterocycles. The minimum atomic E-state index is 0.234. The molecule has 1 rings (SSSR count). The first-order valence-corrected chi connectivity index (χ1v) is 6.52. The van der Waals surface area contributed by atoms with Crippen molar-refractivity contribution in [1.82, 2.24) is 0 Å². The second-order valence-corrected chi connectivity index (χ2v) is 4.97. The molecular formula is C11H14Cl3N3O. The molecule has 0 aromatic heterocycles. The van der Waals surface area contributed by atoms with E-state index in [0.717, 1.165) is 12.8 Å². The molecule has 0 atom stereocenters. The fourth-order valence-corrected chi connectivity index (χ4v) is 2.36. The predicted octanol–water partition coefficient (Wildman–Crippen LogP) is 3.98. The molecule has 1 aromatic rings. The summed E-state index contributed by atoms with van der Waals surface area (Å²) in [5, 5.41) is 15.9. The molecule has 0 aliphatic carbocycles. The second kappa shape index (κ2) is 7.56. The molecule has 1 aromatic carbocycles. The number of nitrogens with one attached hydrogen (secondary N) is 1. The summed E-state index contributed by atoms with van der Waals surface area (Å²) in [7, 11) is 0. The van der Waals surface area contributed by atoms with Crippen LogP contribution in [0.5, 0.6) is 0 Å². The summed E-state index contributed by atoms with van der Waals surface area (Å²) in [5.41, 5.74) is 6.03. The minimum absolute atomic E-state index is 0.234. The number of hydrogen-bond acceptors (Lipinski definition) is 3. The van der Waals surface area contributed by atoms with Crippen molar-refractivity contribution in [3.05, 3.63) is 27.2 Å². The van der Waals surface area contributed by atoms with Crippen LogP contribution < -0.4 is 11.1 Å². The molecule has 0 aliphatic rings. The maximum Gasteiger partial charge on any atom is 0.139 e. The Morgan fingerprint density at radius 3 is 2.39 bits per heavy atom. The van der Waals surface area contributed by atoms with Crippen LogP contribution in [0.2, 0.25) is 15.1 Å². The lowest BCUT2D eigenvalue weighted by molar-refractivity contribution is 0.316. The highest BCUT2D eigenvalue weighted by Gasteiger charge is 2.06. The van der Waals surface area contributed by atoms with Crippen molar-refractivity contribution in [3.63, 3.8) is 0 Å². The van der Waals surface area contributed by atoms with Gasteiger partial charge in [0.2, 0.25) is 0 Å².